The van der Waals surface area contributed by atoms with Crippen molar-refractivity contribution in [1.82, 2.24) is 0 Å². The Kier molecular flexibility index (Phi) is 6.01. The van der Waals surface area contributed by atoms with Crippen LogP contribution in [0.2, 0.25) is 0 Å². The smallest absolute Gasteiger partial charge is 0.312 e. The van der Waals surface area contributed by atoms with E-state index < -0.39 is 27.8 Å². The van der Waals surface area contributed by atoms with Gasteiger partial charge in [0.05, 0.1) is 29.1 Å². The van der Waals surface area contributed by atoms with Gasteiger partial charge in [-0.3, -0.25) is 19.9 Å². The van der Waals surface area contributed by atoms with Crippen molar-refractivity contribution in [2.24, 2.45) is 10.9 Å². The molecule has 0 aliphatic carbocycles. The van der Waals surface area contributed by atoms with Gasteiger partial charge in [0.25, 0.3) is 5.69 Å². The molecule has 29 heavy (non-hydrogen) atoms. The van der Waals surface area contributed by atoms with Crippen LogP contribution in [0.3, 0.4) is 0 Å². The monoisotopic (exact) mass is 424 g/mol. The third-order valence-electron chi connectivity index (χ3n) is 5.08. The Labute approximate surface area is 173 Å². The summed E-state index contributed by atoms with van der Waals surface area (Å²) in [5.41, 5.74) is -1.75. The van der Waals surface area contributed by atoms with E-state index in [2.05, 4.69) is 0 Å². The summed E-state index contributed by atoms with van der Waals surface area (Å²) in [7, 11) is 0. The lowest BCUT2D eigenvalue weighted by Crippen LogP contribution is -2.41. The Hall–Kier alpha value is -2.00. The van der Waals surface area contributed by atoms with Gasteiger partial charge in [0.15, 0.2) is 0 Å². The summed E-state index contributed by atoms with van der Waals surface area (Å²) in [5, 5.41) is 11.8. The van der Waals surface area contributed by atoms with Gasteiger partial charge in [0.1, 0.15) is 17.0 Å². The van der Waals surface area contributed by atoms with Crippen LogP contribution < -0.4 is 0 Å². The second-order valence-electron chi connectivity index (χ2n) is 8.29. The molecule has 1 aromatic carbocycles. The Bertz CT molecular complexity index is 854. The first kappa shape index (κ1) is 21.7. The number of carbonyl (C=O) groups excluding carboxylic acids is 1. The van der Waals surface area contributed by atoms with Crippen LogP contribution in [0.25, 0.3) is 0 Å². The molecule has 0 radical (unpaired) electrons. The van der Waals surface area contributed by atoms with E-state index >= 15 is 0 Å². The molecule has 3 atom stereocenters. The number of fused-ring (bicyclic) bond motifs is 1. The summed E-state index contributed by atoms with van der Waals surface area (Å²) in [5.74, 6) is -0.533. The van der Waals surface area contributed by atoms with Crippen molar-refractivity contribution in [3.63, 3.8) is 0 Å². The van der Waals surface area contributed by atoms with Crippen LogP contribution in [0.1, 0.15) is 46.1 Å². The summed E-state index contributed by atoms with van der Waals surface area (Å²) >= 11 is 1.44. The number of hydrogen-bond acceptors (Lipinski definition) is 7. The zero-order chi connectivity index (χ0) is 21.4. The first-order valence-electron chi connectivity index (χ1n) is 9.55. The fourth-order valence-electron chi connectivity index (χ4n) is 3.86. The number of nitro benzene ring substituents is 1. The van der Waals surface area contributed by atoms with Crippen molar-refractivity contribution in [1.29, 1.82) is 0 Å². The number of ether oxygens (including phenoxy) is 2. The Balaban J connectivity index is 2.02. The molecule has 9 heteroatoms. The fourth-order valence-corrected chi connectivity index (χ4v) is 5.17. The molecule has 0 spiro atoms. The van der Waals surface area contributed by atoms with E-state index in [0.29, 0.717) is 10.8 Å². The first-order valence-corrected chi connectivity index (χ1v) is 10.5. The van der Waals surface area contributed by atoms with Crippen LogP contribution in [0, 0.1) is 21.8 Å². The number of benzene rings is 1. The van der Waals surface area contributed by atoms with Crippen molar-refractivity contribution >= 4 is 28.5 Å². The number of carbonyl (C=O) groups is 1. The van der Waals surface area contributed by atoms with Gasteiger partial charge in [-0.25, -0.2) is 4.39 Å². The van der Waals surface area contributed by atoms with Crippen LogP contribution >= 0.6 is 11.8 Å². The van der Waals surface area contributed by atoms with Gasteiger partial charge in [0.2, 0.25) is 0 Å². The summed E-state index contributed by atoms with van der Waals surface area (Å²) in [6.45, 7) is 7.45. The van der Waals surface area contributed by atoms with E-state index in [1.807, 2.05) is 6.92 Å². The molecular formula is C20H25FN2O5S. The van der Waals surface area contributed by atoms with Gasteiger partial charge in [0, 0.05) is 29.4 Å². The lowest BCUT2D eigenvalue weighted by atomic mass is 9.78. The van der Waals surface area contributed by atoms with Gasteiger partial charge in [-0.2, -0.15) is 0 Å². The van der Waals surface area contributed by atoms with Gasteiger partial charge in [-0.05, 0) is 33.3 Å². The molecule has 2 heterocycles. The van der Waals surface area contributed by atoms with E-state index in [0.717, 1.165) is 18.6 Å². The highest BCUT2D eigenvalue weighted by Crippen LogP contribution is 2.50. The SMILES string of the molecule is CC[C@H]1OC[C@]2(c3cc([N+](=O)[O-])ccc3F)N=C(CC(=O)OC(C)(C)C)SC[C@H]12. The second kappa shape index (κ2) is 8.02. The largest absolute Gasteiger partial charge is 0.460 e. The number of halogens is 1. The number of non-ortho nitro benzene ring substituents is 1. The van der Waals surface area contributed by atoms with Crippen molar-refractivity contribution in [2.45, 2.75) is 57.8 Å². The maximum Gasteiger partial charge on any atom is 0.312 e. The number of nitro groups is 1. The molecule has 0 unspecified atom stereocenters. The number of esters is 1. The van der Waals surface area contributed by atoms with Crippen molar-refractivity contribution in [3.05, 3.63) is 39.7 Å². The summed E-state index contributed by atoms with van der Waals surface area (Å²) < 4.78 is 26.2. The highest BCUT2D eigenvalue weighted by molar-refractivity contribution is 8.14. The molecule has 1 fully saturated rings. The van der Waals surface area contributed by atoms with Crippen LogP contribution in [-0.4, -0.2) is 40.0 Å². The molecule has 1 saturated heterocycles. The molecule has 0 N–H and O–H groups in total. The quantitative estimate of drug-likeness (QED) is 0.399. The highest BCUT2D eigenvalue weighted by atomic mass is 32.2. The van der Waals surface area contributed by atoms with Gasteiger partial charge in [-0.15, -0.1) is 11.8 Å². The standard InChI is InChI=1S/C20H25FN2O5S/c1-5-16-14-10-29-17(9-18(24)28-19(2,3)4)22-20(14,11-27-16)13-8-12(23(25)26)6-7-15(13)21/h6-8,14,16H,5,9-11H2,1-4H3/t14-,16-,20-/m1/s1. The van der Waals surface area contributed by atoms with Crippen molar-refractivity contribution in [2.75, 3.05) is 12.4 Å². The Morgan fingerprint density at radius 2 is 2.21 bits per heavy atom. The van der Waals surface area contributed by atoms with Crippen molar-refractivity contribution in [3.8, 4) is 0 Å². The fraction of sp³-hybridized carbons (Fsp3) is 0.600. The van der Waals surface area contributed by atoms with Crippen LogP contribution in [0.15, 0.2) is 23.2 Å². The molecular weight excluding hydrogens is 399 g/mol. The third-order valence-corrected chi connectivity index (χ3v) is 6.17. The number of rotatable bonds is 5. The average molecular weight is 424 g/mol. The summed E-state index contributed by atoms with van der Waals surface area (Å²) in [6, 6.07) is 3.48. The van der Waals surface area contributed by atoms with E-state index in [4.69, 9.17) is 14.5 Å². The first-order chi connectivity index (χ1) is 13.6. The molecule has 1 aromatic rings. The van der Waals surface area contributed by atoms with Crippen molar-refractivity contribution < 1.29 is 23.6 Å². The minimum Gasteiger partial charge on any atom is -0.460 e. The molecule has 0 aromatic heterocycles. The van der Waals surface area contributed by atoms with Crippen LogP contribution in [0.5, 0.6) is 0 Å². The zero-order valence-corrected chi connectivity index (χ0v) is 17.8. The molecule has 0 bridgehead atoms. The predicted molar refractivity (Wildman–Crippen MR) is 109 cm³/mol. The normalized spacial score (nSPS) is 26.6. The lowest BCUT2D eigenvalue weighted by molar-refractivity contribution is -0.385. The summed E-state index contributed by atoms with van der Waals surface area (Å²) in [6.07, 6.45) is 0.567. The average Bonchev–Trinajstić information content (AvgIpc) is 2.98. The number of aliphatic imine (C=N–C) groups is 1. The van der Waals surface area contributed by atoms with Gasteiger partial charge in [-0.1, -0.05) is 6.92 Å². The summed E-state index contributed by atoms with van der Waals surface area (Å²) in [4.78, 5) is 27.7. The van der Waals surface area contributed by atoms with E-state index in [1.54, 1.807) is 20.8 Å². The maximum atomic E-state index is 14.8. The van der Waals surface area contributed by atoms with Crippen LogP contribution in [-0.2, 0) is 19.8 Å². The van der Waals surface area contributed by atoms with Gasteiger partial charge < -0.3 is 9.47 Å². The number of hydrogen-bond donors (Lipinski definition) is 0. The predicted octanol–water partition coefficient (Wildman–Crippen LogP) is 4.23. The van der Waals surface area contributed by atoms with E-state index in [9.17, 15) is 19.3 Å². The van der Waals surface area contributed by atoms with E-state index in [1.165, 1.54) is 17.8 Å². The zero-order valence-electron chi connectivity index (χ0n) is 16.9. The molecule has 158 valence electrons. The molecule has 2 aliphatic heterocycles. The molecule has 0 saturated carbocycles. The maximum absolute atomic E-state index is 14.8. The minimum absolute atomic E-state index is 0.0241. The van der Waals surface area contributed by atoms with Gasteiger partial charge >= 0.3 is 5.97 Å². The topological polar surface area (TPSA) is 91.0 Å². The third kappa shape index (κ3) is 4.45. The lowest BCUT2D eigenvalue weighted by Gasteiger charge is -2.36. The van der Waals surface area contributed by atoms with Crippen LogP contribution in [0.4, 0.5) is 10.1 Å². The Morgan fingerprint density at radius 3 is 2.83 bits per heavy atom. The molecule has 0 amide bonds. The Morgan fingerprint density at radius 1 is 1.48 bits per heavy atom. The van der Waals surface area contributed by atoms with E-state index in [-0.39, 0.29) is 36.3 Å². The second-order valence-corrected chi connectivity index (χ2v) is 9.38. The minimum atomic E-state index is -1.08. The molecule has 2 aliphatic rings. The number of nitrogens with zero attached hydrogens (tertiary/aromatic N) is 2. The highest BCUT2D eigenvalue weighted by Gasteiger charge is 2.54. The molecule has 7 nitrogen and oxygen atoms in total. The molecule has 3 rings (SSSR count). The number of thioether (sulfide) groups is 1.